The van der Waals surface area contributed by atoms with Crippen LogP contribution in [0.5, 0.6) is 5.75 Å². The molecular formula is C13H18BrNO3S. The predicted molar refractivity (Wildman–Crippen MR) is 78.5 cm³/mol. The maximum absolute atomic E-state index is 11.8. The normalized spacial score (nSPS) is 19.6. The molecule has 0 radical (unpaired) electrons. The molecular weight excluding hydrogens is 330 g/mol. The standard InChI is InChI=1S/C13H18BrNO3S/c1-18-13-11(14)7-9(6-10-4-3-5-15-10)8-12(13)19(2,16)17/h7-8,10,15H,3-6H2,1-2H3. The number of nitrogens with one attached hydrogen (secondary N) is 1. The zero-order valence-electron chi connectivity index (χ0n) is 11.1. The summed E-state index contributed by atoms with van der Waals surface area (Å²) < 4.78 is 29.5. The van der Waals surface area contributed by atoms with E-state index < -0.39 is 9.84 Å². The molecule has 4 nitrogen and oxygen atoms in total. The number of halogens is 1. The lowest BCUT2D eigenvalue weighted by Crippen LogP contribution is -2.23. The van der Waals surface area contributed by atoms with Crippen LogP contribution in [0, 0.1) is 0 Å². The van der Waals surface area contributed by atoms with E-state index in [-0.39, 0.29) is 4.90 Å². The summed E-state index contributed by atoms with van der Waals surface area (Å²) in [4.78, 5) is 0.248. The lowest BCUT2D eigenvalue weighted by molar-refractivity contribution is 0.399. The van der Waals surface area contributed by atoms with Gasteiger partial charge >= 0.3 is 0 Å². The number of methoxy groups -OCH3 is 1. The van der Waals surface area contributed by atoms with Gasteiger partial charge in [-0.15, -0.1) is 0 Å². The van der Waals surface area contributed by atoms with Gasteiger partial charge in [-0.05, 0) is 59.4 Å². The Balaban J connectivity index is 2.38. The monoisotopic (exact) mass is 347 g/mol. The molecule has 1 N–H and O–H groups in total. The Morgan fingerprint density at radius 3 is 2.74 bits per heavy atom. The number of benzene rings is 1. The first kappa shape index (κ1) is 14.8. The van der Waals surface area contributed by atoms with Gasteiger partial charge in [0.1, 0.15) is 4.90 Å². The molecule has 0 amide bonds. The van der Waals surface area contributed by atoms with E-state index in [1.165, 1.54) is 19.8 Å². The summed E-state index contributed by atoms with van der Waals surface area (Å²) >= 11 is 3.39. The van der Waals surface area contributed by atoms with Gasteiger partial charge < -0.3 is 10.1 Å². The van der Waals surface area contributed by atoms with Gasteiger partial charge in [0.25, 0.3) is 0 Å². The van der Waals surface area contributed by atoms with Crippen LogP contribution < -0.4 is 10.1 Å². The molecule has 1 aliphatic rings. The van der Waals surface area contributed by atoms with Crippen molar-refractivity contribution in [3.8, 4) is 5.75 Å². The predicted octanol–water partition coefficient (Wildman–Crippen LogP) is 2.16. The van der Waals surface area contributed by atoms with Crippen LogP contribution >= 0.6 is 15.9 Å². The van der Waals surface area contributed by atoms with Crippen LogP contribution in [0.1, 0.15) is 18.4 Å². The SMILES string of the molecule is COc1c(Br)cc(CC2CCCN2)cc1S(C)(=O)=O. The quantitative estimate of drug-likeness (QED) is 0.906. The van der Waals surface area contributed by atoms with Crippen LogP contribution in [-0.4, -0.2) is 34.4 Å². The summed E-state index contributed by atoms with van der Waals surface area (Å²) in [6.07, 6.45) is 4.36. The summed E-state index contributed by atoms with van der Waals surface area (Å²) in [5.74, 6) is 0.380. The molecule has 0 aromatic heterocycles. The fourth-order valence-electron chi connectivity index (χ4n) is 2.43. The van der Waals surface area contributed by atoms with Crippen LogP contribution in [0.15, 0.2) is 21.5 Å². The van der Waals surface area contributed by atoms with Crippen molar-refractivity contribution >= 4 is 25.8 Å². The van der Waals surface area contributed by atoms with Crippen LogP contribution in [0.2, 0.25) is 0 Å². The zero-order valence-corrected chi connectivity index (χ0v) is 13.5. The fourth-order valence-corrected chi connectivity index (χ4v) is 4.12. The zero-order chi connectivity index (χ0) is 14.0. The van der Waals surface area contributed by atoms with Crippen molar-refractivity contribution in [3.63, 3.8) is 0 Å². The third kappa shape index (κ3) is 3.49. The Bertz CT molecular complexity index is 565. The minimum absolute atomic E-state index is 0.248. The summed E-state index contributed by atoms with van der Waals surface area (Å²) in [6.45, 7) is 1.04. The second kappa shape index (κ2) is 5.81. The van der Waals surface area contributed by atoms with Gasteiger partial charge in [-0.1, -0.05) is 0 Å². The third-order valence-electron chi connectivity index (χ3n) is 3.32. The van der Waals surface area contributed by atoms with E-state index in [1.807, 2.05) is 6.07 Å². The lowest BCUT2D eigenvalue weighted by Gasteiger charge is -2.14. The van der Waals surface area contributed by atoms with Gasteiger partial charge in [0, 0.05) is 12.3 Å². The molecule has 1 aromatic carbocycles. The summed E-state index contributed by atoms with van der Waals surface area (Å²) in [5, 5.41) is 3.42. The summed E-state index contributed by atoms with van der Waals surface area (Å²) in [6, 6.07) is 4.10. The van der Waals surface area contributed by atoms with Crippen LogP contribution in [0.25, 0.3) is 0 Å². The first-order valence-electron chi connectivity index (χ1n) is 6.21. The van der Waals surface area contributed by atoms with E-state index in [9.17, 15) is 8.42 Å². The number of ether oxygens (including phenoxy) is 1. The molecule has 19 heavy (non-hydrogen) atoms. The van der Waals surface area contributed by atoms with E-state index in [0.29, 0.717) is 16.3 Å². The maximum Gasteiger partial charge on any atom is 0.179 e. The molecule has 0 bridgehead atoms. The van der Waals surface area contributed by atoms with E-state index in [4.69, 9.17) is 4.74 Å². The molecule has 0 spiro atoms. The maximum atomic E-state index is 11.8. The highest BCUT2D eigenvalue weighted by atomic mass is 79.9. The molecule has 2 rings (SSSR count). The molecule has 1 saturated heterocycles. The highest BCUT2D eigenvalue weighted by molar-refractivity contribution is 9.10. The van der Waals surface area contributed by atoms with Gasteiger partial charge in [-0.25, -0.2) is 8.42 Å². The van der Waals surface area contributed by atoms with Crippen molar-refractivity contribution in [3.05, 3.63) is 22.2 Å². The fraction of sp³-hybridized carbons (Fsp3) is 0.538. The van der Waals surface area contributed by atoms with E-state index >= 15 is 0 Å². The molecule has 0 saturated carbocycles. The Labute approximate surface area is 122 Å². The first-order chi connectivity index (χ1) is 8.91. The Hall–Kier alpha value is -0.590. The van der Waals surface area contributed by atoms with E-state index in [2.05, 4.69) is 21.2 Å². The third-order valence-corrected chi connectivity index (χ3v) is 5.01. The Morgan fingerprint density at radius 2 is 2.21 bits per heavy atom. The van der Waals surface area contributed by atoms with Gasteiger partial charge in [0.2, 0.25) is 0 Å². The van der Waals surface area contributed by atoms with Gasteiger partial charge in [-0.3, -0.25) is 0 Å². The number of rotatable bonds is 4. The minimum atomic E-state index is -3.30. The second-order valence-corrected chi connectivity index (χ2v) is 7.72. The number of hydrogen-bond acceptors (Lipinski definition) is 4. The topological polar surface area (TPSA) is 55.4 Å². The van der Waals surface area contributed by atoms with E-state index in [1.54, 1.807) is 6.07 Å². The number of sulfone groups is 1. The minimum Gasteiger partial charge on any atom is -0.494 e. The van der Waals surface area contributed by atoms with Gasteiger partial charge in [0.15, 0.2) is 15.6 Å². The van der Waals surface area contributed by atoms with Crippen molar-refractivity contribution in [2.75, 3.05) is 19.9 Å². The molecule has 106 valence electrons. The average molecular weight is 348 g/mol. The van der Waals surface area contributed by atoms with Crippen molar-refractivity contribution < 1.29 is 13.2 Å². The molecule has 1 atom stereocenters. The molecule has 1 heterocycles. The van der Waals surface area contributed by atoms with Crippen molar-refractivity contribution in [2.45, 2.75) is 30.2 Å². The molecule has 1 unspecified atom stereocenters. The Kier molecular flexibility index (Phi) is 4.53. The van der Waals surface area contributed by atoms with Gasteiger partial charge in [-0.2, -0.15) is 0 Å². The molecule has 0 aliphatic carbocycles. The average Bonchev–Trinajstić information content (AvgIpc) is 2.80. The lowest BCUT2D eigenvalue weighted by atomic mass is 10.0. The largest absolute Gasteiger partial charge is 0.494 e. The van der Waals surface area contributed by atoms with Crippen LogP contribution in [-0.2, 0) is 16.3 Å². The highest BCUT2D eigenvalue weighted by Gasteiger charge is 2.21. The molecule has 1 aliphatic heterocycles. The van der Waals surface area contributed by atoms with Crippen molar-refractivity contribution in [1.29, 1.82) is 0 Å². The second-order valence-electron chi connectivity index (χ2n) is 4.88. The van der Waals surface area contributed by atoms with Gasteiger partial charge in [0.05, 0.1) is 11.6 Å². The van der Waals surface area contributed by atoms with E-state index in [0.717, 1.165) is 24.9 Å². The molecule has 1 fully saturated rings. The number of hydrogen-bond donors (Lipinski definition) is 1. The van der Waals surface area contributed by atoms with Crippen molar-refractivity contribution in [2.24, 2.45) is 0 Å². The van der Waals surface area contributed by atoms with Crippen LogP contribution in [0.4, 0.5) is 0 Å². The molecule has 1 aromatic rings. The smallest absolute Gasteiger partial charge is 0.179 e. The first-order valence-corrected chi connectivity index (χ1v) is 8.90. The van der Waals surface area contributed by atoms with Crippen LogP contribution in [0.3, 0.4) is 0 Å². The molecule has 6 heteroatoms. The summed E-state index contributed by atoms with van der Waals surface area (Å²) in [5.41, 5.74) is 1.01. The Morgan fingerprint density at radius 1 is 1.47 bits per heavy atom. The summed E-state index contributed by atoms with van der Waals surface area (Å²) in [7, 11) is -1.82. The van der Waals surface area contributed by atoms with Crippen molar-refractivity contribution in [1.82, 2.24) is 5.32 Å². The highest BCUT2D eigenvalue weighted by Crippen LogP contribution is 2.34.